The standard InChI is InChI=1S/C15H20FN/c1-17-10-11-9-15(6-2-3-7-15)14-8-12(16)4-5-13(11)14/h4-5,8,11,17H,2-3,6-7,9-10H2,1H3. The van der Waals surface area contributed by atoms with Crippen LogP contribution in [0.15, 0.2) is 18.2 Å². The smallest absolute Gasteiger partial charge is 0.123 e. The van der Waals surface area contributed by atoms with Gasteiger partial charge in [-0.15, -0.1) is 0 Å². The van der Waals surface area contributed by atoms with Gasteiger partial charge in [0.25, 0.3) is 0 Å². The van der Waals surface area contributed by atoms with E-state index < -0.39 is 0 Å². The topological polar surface area (TPSA) is 12.0 Å². The lowest BCUT2D eigenvalue weighted by Crippen LogP contribution is -2.20. The molecule has 0 saturated heterocycles. The van der Waals surface area contributed by atoms with Gasteiger partial charge in [0.05, 0.1) is 0 Å². The molecule has 0 heterocycles. The Kier molecular flexibility index (Phi) is 2.70. The van der Waals surface area contributed by atoms with Gasteiger partial charge in [-0.3, -0.25) is 0 Å². The van der Waals surface area contributed by atoms with E-state index in [9.17, 15) is 4.39 Å². The van der Waals surface area contributed by atoms with Crippen LogP contribution in [0.1, 0.15) is 49.1 Å². The maximum atomic E-state index is 13.5. The maximum Gasteiger partial charge on any atom is 0.123 e. The lowest BCUT2D eigenvalue weighted by molar-refractivity contribution is 0.403. The molecule has 1 fully saturated rings. The summed E-state index contributed by atoms with van der Waals surface area (Å²) in [5.74, 6) is 0.508. The summed E-state index contributed by atoms with van der Waals surface area (Å²) in [5.41, 5.74) is 3.01. The Labute approximate surface area is 102 Å². The SMILES string of the molecule is CNCC1CC2(CCCC2)c2cc(F)ccc21. The monoisotopic (exact) mass is 233 g/mol. The first-order chi connectivity index (χ1) is 8.25. The fourth-order valence-electron chi connectivity index (χ4n) is 3.99. The minimum atomic E-state index is -0.0693. The molecule has 0 bridgehead atoms. The summed E-state index contributed by atoms with van der Waals surface area (Å²) in [6.45, 7) is 1.01. The van der Waals surface area contributed by atoms with Crippen LogP contribution >= 0.6 is 0 Å². The van der Waals surface area contributed by atoms with Gasteiger partial charge in [0, 0.05) is 6.54 Å². The molecule has 0 aromatic heterocycles. The summed E-state index contributed by atoms with van der Waals surface area (Å²) in [5, 5.41) is 3.28. The summed E-state index contributed by atoms with van der Waals surface area (Å²) in [4.78, 5) is 0. The van der Waals surface area contributed by atoms with Crippen LogP contribution in [0.2, 0.25) is 0 Å². The van der Waals surface area contributed by atoms with Crippen molar-refractivity contribution in [3.63, 3.8) is 0 Å². The van der Waals surface area contributed by atoms with E-state index >= 15 is 0 Å². The van der Waals surface area contributed by atoms with E-state index in [2.05, 4.69) is 5.32 Å². The highest BCUT2D eigenvalue weighted by Gasteiger charge is 2.45. The number of hydrogen-bond acceptors (Lipinski definition) is 1. The number of fused-ring (bicyclic) bond motifs is 2. The average Bonchev–Trinajstić information content (AvgIpc) is 2.88. The first-order valence-corrected chi connectivity index (χ1v) is 6.70. The van der Waals surface area contributed by atoms with Crippen molar-refractivity contribution in [1.29, 1.82) is 0 Å². The fourth-order valence-corrected chi connectivity index (χ4v) is 3.99. The molecule has 1 N–H and O–H groups in total. The molecule has 1 nitrogen and oxygen atoms in total. The Balaban J connectivity index is 2.05. The molecule has 3 rings (SSSR count). The molecule has 1 saturated carbocycles. The number of rotatable bonds is 2. The maximum absolute atomic E-state index is 13.5. The van der Waals surface area contributed by atoms with Crippen molar-refractivity contribution in [2.24, 2.45) is 0 Å². The van der Waals surface area contributed by atoms with E-state index in [0.29, 0.717) is 11.3 Å². The van der Waals surface area contributed by atoms with Crippen LogP contribution in [0.4, 0.5) is 4.39 Å². The van der Waals surface area contributed by atoms with Crippen molar-refractivity contribution >= 4 is 0 Å². The lowest BCUT2D eigenvalue weighted by atomic mass is 9.80. The van der Waals surface area contributed by atoms with Gasteiger partial charge >= 0.3 is 0 Å². The minimum Gasteiger partial charge on any atom is -0.319 e. The fraction of sp³-hybridized carbons (Fsp3) is 0.600. The van der Waals surface area contributed by atoms with Gasteiger partial charge in [0.1, 0.15) is 5.82 Å². The van der Waals surface area contributed by atoms with Crippen LogP contribution < -0.4 is 5.32 Å². The second-order valence-electron chi connectivity index (χ2n) is 5.68. The second-order valence-corrected chi connectivity index (χ2v) is 5.68. The summed E-state index contributed by atoms with van der Waals surface area (Å²) >= 11 is 0. The number of nitrogens with one attached hydrogen (secondary N) is 1. The molecule has 0 radical (unpaired) electrons. The predicted octanol–water partition coefficient (Wildman–Crippen LogP) is 3.34. The van der Waals surface area contributed by atoms with Crippen molar-refractivity contribution in [1.82, 2.24) is 5.32 Å². The zero-order chi connectivity index (χ0) is 11.9. The van der Waals surface area contributed by atoms with Gasteiger partial charge in [-0.2, -0.15) is 0 Å². The van der Waals surface area contributed by atoms with Crippen molar-refractivity contribution in [3.05, 3.63) is 35.1 Å². The van der Waals surface area contributed by atoms with Crippen LogP contribution in [0.25, 0.3) is 0 Å². The molecule has 17 heavy (non-hydrogen) atoms. The Morgan fingerprint density at radius 3 is 2.82 bits per heavy atom. The summed E-state index contributed by atoms with van der Waals surface area (Å²) in [7, 11) is 2.00. The molecule has 0 aliphatic heterocycles. The molecule has 0 amide bonds. The highest BCUT2D eigenvalue weighted by molar-refractivity contribution is 5.43. The highest BCUT2D eigenvalue weighted by Crippen LogP contribution is 2.54. The average molecular weight is 233 g/mol. The predicted molar refractivity (Wildman–Crippen MR) is 67.8 cm³/mol. The molecule has 2 aliphatic rings. The molecule has 1 aromatic rings. The number of benzene rings is 1. The van der Waals surface area contributed by atoms with Crippen LogP contribution in [0, 0.1) is 5.82 Å². The van der Waals surface area contributed by atoms with Crippen molar-refractivity contribution in [2.45, 2.75) is 43.4 Å². The number of likely N-dealkylation sites (N-methyl/N-ethyl adjacent to an activating group) is 1. The zero-order valence-electron chi connectivity index (χ0n) is 10.4. The van der Waals surface area contributed by atoms with E-state index in [4.69, 9.17) is 0 Å². The molecular weight excluding hydrogens is 213 g/mol. The molecular formula is C15H20FN. The third-order valence-electron chi connectivity index (χ3n) is 4.67. The van der Waals surface area contributed by atoms with Gasteiger partial charge in [-0.25, -0.2) is 4.39 Å². The second kappa shape index (κ2) is 4.09. The Morgan fingerprint density at radius 1 is 1.35 bits per heavy atom. The molecule has 1 spiro atoms. The number of halogens is 1. The quantitative estimate of drug-likeness (QED) is 0.826. The molecule has 2 aliphatic carbocycles. The first kappa shape index (κ1) is 11.2. The molecule has 1 atom stereocenters. The summed E-state index contributed by atoms with van der Waals surface area (Å²) < 4.78 is 13.5. The van der Waals surface area contributed by atoms with Gasteiger partial charge in [-0.1, -0.05) is 18.9 Å². The summed E-state index contributed by atoms with van der Waals surface area (Å²) in [6.07, 6.45) is 6.34. The molecule has 92 valence electrons. The first-order valence-electron chi connectivity index (χ1n) is 6.70. The van der Waals surface area contributed by atoms with Crippen LogP contribution in [0.3, 0.4) is 0 Å². The van der Waals surface area contributed by atoms with Crippen molar-refractivity contribution < 1.29 is 4.39 Å². The molecule has 2 heteroatoms. The normalized spacial score (nSPS) is 25.4. The van der Waals surface area contributed by atoms with E-state index in [1.807, 2.05) is 13.1 Å². The van der Waals surface area contributed by atoms with E-state index in [1.54, 1.807) is 12.1 Å². The van der Waals surface area contributed by atoms with E-state index in [-0.39, 0.29) is 5.82 Å². The van der Waals surface area contributed by atoms with Crippen LogP contribution in [-0.2, 0) is 5.41 Å². The van der Waals surface area contributed by atoms with Gasteiger partial charge in [0.2, 0.25) is 0 Å². The zero-order valence-corrected chi connectivity index (χ0v) is 10.4. The highest BCUT2D eigenvalue weighted by atomic mass is 19.1. The van der Waals surface area contributed by atoms with Gasteiger partial charge in [0.15, 0.2) is 0 Å². The minimum absolute atomic E-state index is 0.0693. The molecule has 1 aromatic carbocycles. The third kappa shape index (κ3) is 1.70. The summed E-state index contributed by atoms with van der Waals surface area (Å²) in [6, 6.07) is 5.44. The van der Waals surface area contributed by atoms with E-state index in [0.717, 1.165) is 6.54 Å². The van der Waals surface area contributed by atoms with Crippen molar-refractivity contribution in [3.8, 4) is 0 Å². The largest absolute Gasteiger partial charge is 0.319 e. The van der Waals surface area contributed by atoms with Gasteiger partial charge < -0.3 is 5.32 Å². The van der Waals surface area contributed by atoms with Crippen LogP contribution in [0.5, 0.6) is 0 Å². The van der Waals surface area contributed by atoms with Crippen molar-refractivity contribution in [2.75, 3.05) is 13.6 Å². The lowest BCUT2D eigenvalue weighted by Gasteiger charge is -2.24. The van der Waals surface area contributed by atoms with E-state index in [1.165, 1.54) is 43.2 Å². The van der Waals surface area contributed by atoms with Gasteiger partial charge in [-0.05, 0) is 60.9 Å². The molecule has 1 unspecified atom stereocenters. The number of hydrogen-bond donors (Lipinski definition) is 1. The van der Waals surface area contributed by atoms with Crippen LogP contribution in [-0.4, -0.2) is 13.6 Å². The Morgan fingerprint density at radius 2 is 2.12 bits per heavy atom. The third-order valence-corrected chi connectivity index (χ3v) is 4.67. The Hall–Kier alpha value is -0.890. The Bertz CT molecular complexity index is 421.